The van der Waals surface area contributed by atoms with E-state index in [0.29, 0.717) is 88.9 Å². The molecule has 1 atom stereocenters. The molecule has 17 nitrogen and oxygen atoms in total. The summed E-state index contributed by atoms with van der Waals surface area (Å²) >= 11 is 0. The van der Waals surface area contributed by atoms with Crippen LogP contribution in [0.15, 0.2) is 47.4 Å². The second kappa shape index (κ2) is 26.4. The summed E-state index contributed by atoms with van der Waals surface area (Å²) in [6, 6.07) is 11.2. The third-order valence-electron chi connectivity index (χ3n) is 7.63. The van der Waals surface area contributed by atoms with Crippen molar-refractivity contribution in [2.24, 2.45) is 0 Å². The maximum absolute atomic E-state index is 13.3. The van der Waals surface area contributed by atoms with Crippen LogP contribution in [0.1, 0.15) is 63.1 Å². The van der Waals surface area contributed by atoms with Crippen LogP contribution in [0, 0.1) is 13.8 Å². The molecule has 2 aromatic carbocycles. The Morgan fingerprint density at radius 2 is 1.32 bits per heavy atom. The van der Waals surface area contributed by atoms with Crippen molar-refractivity contribution in [1.29, 1.82) is 0 Å². The topological polar surface area (TPSA) is 215 Å². The monoisotopic (exact) mass is 824 g/mol. The molecule has 0 fully saturated rings. The molecule has 2 rings (SSSR count). The van der Waals surface area contributed by atoms with E-state index >= 15 is 0 Å². The highest BCUT2D eigenvalue weighted by Gasteiger charge is 2.30. The highest BCUT2D eigenvalue weighted by Crippen LogP contribution is 2.26. The van der Waals surface area contributed by atoms with Crippen LogP contribution in [0.3, 0.4) is 0 Å². The molecular weight excluding hydrogens is 765 g/mol. The van der Waals surface area contributed by atoms with Crippen molar-refractivity contribution in [3.8, 4) is 5.75 Å². The zero-order valence-corrected chi connectivity index (χ0v) is 34.8. The summed E-state index contributed by atoms with van der Waals surface area (Å²) in [5, 5.41) is 7.92. The van der Waals surface area contributed by atoms with E-state index in [4.69, 9.17) is 33.2 Å². The van der Waals surface area contributed by atoms with Crippen molar-refractivity contribution < 1.29 is 60.8 Å². The van der Waals surface area contributed by atoms with Crippen molar-refractivity contribution in [3.05, 3.63) is 59.2 Å². The van der Waals surface area contributed by atoms with Gasteiger partial charge in [0.15, 0.2) is 0 Å². The Bertz CT molecular complexity index is 1610. The third kappa shape index (κ3) is 21.6. The van der Waals surface area contributed by atoms with E-state index in [1.807, 2.05) is 30.3 Å². The molecule has 0 spiro atoms. The van der Waals surface area contributed by atoms with Gasteiger partial charge in [0, 0.05) is 39.3 Å². The van der Waals surface area contributed by atoms with E-state index in [9.17, 15) is 27.6 Å². The summed E-state index contributed by atoms with van der Waals surface area (Å²) in [4.78, 5) is 48.3. The number of benzene rings is 2. The third-order valence-corrected chi connectivity index (χ3v) is 9.41. The number of rotatable bonds is 27. The predicted molar refractivity (Wildman–Crippen MR) is 210 cm³/mol. The number of alkyl carbamates (subject to hydrolysis) is 2. The van der Waals surface area contributed by atoms with E-state index < -0.39 is 46.4 Å². The zero-order valence-electron chi connectivity index (χ0n) is 33.9. The van der Waals surface area contributed by atoms with Gasteiger partial charge >= 0.3 is 18.2 Å². The molecule has 0 bridgehead atoms. The van der Waals surface area contributed by atoms with Gasteiger partial charge in [0.05, 0.1) is 45.0 Å². The number of sulfonamides is 1. The lowest BCUT2D eigenvalue weighted by Crippen LogP contribution is -2.49. The van der Waals surface area contributed by atoms with Crippen molar-refractivity contribution >= 4 is 34.1 Å². The number of methoxy groups -OCH3 is 1. The molecule has 4 N–H and O–H groups in total. The molecule has 0 aliphatic rings. The number of ether oxygens (including phenoxy) is 7. The second-order valence-corrected chi connectivity index (χ2v) is 15.5. The first-order valence-electron chi connectivity index (χ1n) is 18.9. The largest absolute Gasteiger partial charge is 0.494 e. The van der Waals surface area contributed by atoms with Crippen LogP contribution in [-0.2, 0) is 54.6 Å². The Morgan fingerprint density at radius 1 is 0.737 bits per heavy atom. The first-order valence-corrected chi connectivity index (χ1v) is 20.3. The zero-order chi connectivity index (χ0) is 42.1. The average Bonchev–Trinajstić information content (AvgIpc) is 3.14. The van der Waals surface area contributed by atoms with Gasteiger partial charge in [-0.05, 0) is 82.7 Å². The highest BCUT2D eigenvalue weighted by atomic mass is 32.2. The molecule has 0 radical (unpaired) electrons. The predicted octanol–water partition coefficient (Wildman–Crippen LogP) is 3.68. The quantitative estimate of drug-likeness (QED) is 0.0576. The van der Waals surface area contributed by atoms with Crippen LogP contribution >= 0.6 is 0 Å². The van der Waals surface area contributed by atoms with Crippen LogP contribution in [0.2, 0.25) is 0 Å². The maximum Gasteiger partial charge on any atom is 0.407 e. The van der Waals surface area contributed by atoms with Crippen molar-refractivity contribution in [2.75, 3.05) is 73.0 Å². The van der Waals surface area contributed by atoms with Gasteiger partial charge in [-0.25, -0.2) is 18.0 Å². The number of aryl methyl sites for hydroxylation is 2. The number of hydrogen-bond donors (Lipinski definition) is 4. The lowest BCUT2D eigenvalue weighted by molar-refractivity contribution is -0.142. The summed E-state index contributed by atoms with van der Waals surface area (Å²) in [5.74, 6) is -0.582. The van der Waals surface area contributed by atoms with Crippen molar-refractivity contribution in [2.45, 2.75) is 83.4 Å². The number of esters is 1. The minimum absolute atomic E-state index is 0.0415. The van der Waals surface area contributed by atoms with E-state index in [0.717, 1.165) is 12.7 Å². The first kappa shape index (κ1) is 48.7. The number of carbonyl (C=O) groups excluding carboxylic acids is 4. The van der Waals surface area contributed by atoms with Crippen LogP contribution in [-0.4, -0.2) is 117 Å². The molecule has 3 amide bonds. The molecule has 18 heteroatoms. The molecule has 57 heavy (non-hydrogen) atoms. The van der Waals surface area contributed by atoms with Gasteiger partial charge in [-0.3, -0.25) is 9.59 Å². The summed E-state index contributed by atoms with van der Waals surface area (Å²) in [5.41, 5.74) is 0.890. The van der Waals surface area contributed by atoms with Crippen LogP contribution in [0.25, 0.3) is 0 Å². The standard InChI is InChI=1S/C39H60N4O13S/c1-29-25-32(26-30(2)35(29)57(48,49)43-33(36(45)50-6)27-42-38(47)56-39(3,4)5)54-20-10-15-34(44)40-16-11-18-51-21-23-53-24-22-52-19-12-17-41-37(46)55-28-31-13-8-7-9-14-31/h7-9,13-14,25-26,33,43H,10-12,15-24,27-28H2,1-6H3,(H,40,44)(H,41,46)(H,42,47). The maximum atomic E-state index is 13.3. The molecule has 1 unspecified atom stereocenters. The normalized spacial score (nSPS) is 12.0. The molecule has 0 heterocycles. The summed E-state index contributed by atoms with van der Waals surface area (Å²) in [7, 11) is -3.12. The van der Waals surface area contributed by atoms with Crippen LogP contribution in [0.5, 0.6) is 5.75 Å². The Kier molecular flexibility index (Phi) is 22.6. The minimum Gasteiger partial charge on any atom is -0.494 e. The first-order chi connectivity index (χ1) is 27.1. The summed E-state index contributed by atoms with van der Waals surface area (Å²) < 4.78 is 66.3. The molecule has 0 aliphatic carbocycles. The summed E-state index contributed by atoms with van der Waals surface area (Å²) in [6.07, 6.45) is 0.703. The van der Waals surface area contributed by atoms with Crippen molar-refractivity contribution in [3.63, 3.8) is 0 Å². The lowest BCUT2D eigenvalue weighted by Gasteiger charge is -2.22. The fourth-order valence-corrected chi connectivity index (χ4v) is 6.71. The molecule has 2 aromatic rings. The van der Waals surface area contributed by atoms with E-state index in [2.05, 4.69) is 20.7 Å². The second-order valence-electron chi connectivity index (χ2n) is 13.8. The number of nitrogens with one attached hydrogen (secondary N) is 4. The number of carbonyl (C=O) groups is 4. The van der Waals surface area contributed by atoms with Gasteiger partial charge in [-0.2, -0.15) is 4.72 Å². The molecule has 0 saturated carbocycles. The molecule has 320 valence electrons. The average molecular weight is 825 g/mol. The highest BCUT2D eigenvalue weighted by molar-refractivity contribution is 7.89. The molecule has 0 aliphatic heterocycles. The van der Waals surface area contributed by atoms with Crippen LogP contribution < -0.4 is 25.4 Å². The Morgan fingerprint density at radius 3 is 1.89 bits per heavy atom. The minimum atomic E-state index is -4.23. The van der Waals surface area contributed by atoms with Gasteiger partial charge < -0.3 is 49.1 Å². The lowest BCUT2D eigenvalue weighted by atomic mass is 10.1. The van der Waals surface area contributed by atoms with Gasteiger partial charge in [-0.1, -0.05) is 30.3 Å². The van der Waals surface area contributed by atoms with Crippen molar-refractivity contribution in [1.82, 2.24) is 20.7 Å². The van der Waals surface area contributed by atoms with E-state index in [1.165, 1.54) is 0 Å². The van der Waals surface area contributed by atoms with Gasteiger partial charge in [0.1, 0.15) is 24.0 Å². The fourth-order valence-electron chi connectivity index (χ4n) is 5.07. The van der Waals surface area contributed by atoms with Gasteiger partial charge in [0.2, 0.25) is 15.9 Å². The van der Waals surface area contributed by atoms with E-state index in [-0.39, 0.29) is 30.4 Å². The Hall–Kier alpha value is -4.49. The smallest absolute Gasteiger partial charge is 0.407 e. The molecule has 0 aromatic heterocycles. The molecule has 0 saturated heterocycles. The fraction of sp³-hybridized carbons (Fsp3) is 0.590. The van der Waals surface area contributed by atoms with Gasteiger partial charge in [0.25, 0.3) is 0 Å². The van der Waals surface area contributed by atoms with E-state index in [1.54, 1.807) is 46.8 Å². The molecular formula is C39H60N4O13S. The van der Waals surface area contributed by atoms with Gasteiger partial charge in [-0.15, -0.1) is 0 Å². The SMILES string of the molecule is COC(=O)C(CNC(=O)OC(C)(C)C)NS(=O)(=O)c1c(C)cc(OCCCC(=O)NCCCOCCOCCOCCCNC(=O)OCc2ccccc2)cc1C. The number of hydrogen-bond acceptors (Lipinski definition) is 13. The Balaban J connectivity index is 1.53. The Labute approximate surface area is 336 Å². The summed E-state index contributed by atoms with van der Waals surface area (Å²) in [6.45, 7) is 11.8. The van der Waals surface area contributed by atoms with Crippen LogP contribution in [0.4, 0.5) is 9.59 Å². The number of amides is 3.